The Morgan fingerprint density at radius 2 is 1.77 bits per heavy atom. The van der Waals surface area contributed by atoms with E-state index in [9.17, 15) is 0 Å². The lowest BCUT2D eigenvalue weighted by Gasteiger charge is -2.59. The molecule has 124 valence electrons. The minimum atomic E-state index is 0. The summed E-state index contributed by atoms with van der Waals surface area (Å²) in [4.78, 5) is 0. The maximum atomic E-state index is 5.57. The van der Waals surface area contributed by atoms with Crippen LogP contribution in [0.4, 0.5) is 6.01 Å². The molecule has 0 spiro atoms. The molecule has 4 fully saturated rings. The average molecular weight is 327 g/mol. The predicted molar refractivity (Wildman–Crippen MR) is 87.7 cm³/mol. The normalized spacial score (nSPS) is 36.9. The van der Waals surface area contributed by atoms with E-state index in [2.05, 4.69) is 22.4 Å². The molecule has 5 nitrogen and oxygen atoms in total. The Morgan fingerprint density at radius 3 is 2.23 bits per heavy atom. The van der Waals surface area contributed by atoms with Crippen LogP contribution < -0.4 is 11.1 Å². The van der Waals surface area contributed by atoms with E-state index in [-0.39, 0.29) is 12.4 Å². The minimum Gasteiger partial charge on any atom is -0.407 e. The van der Waals surface area contributed by atoms with Crippen LogP contribution in [0.5, 0.6) is 0 Å². The summed E-state index contributed by atoms with van der Waals surface area (Å²) in [6.07, 6.45) is 9.73. The van der Waals surface area contributed by atoms with Gasteiger partial charge in [0.15, 0.2) is 0 Å². The van der Waals surface area contributed by atoms with E-state index in [1.165, 1.54) is 38.5 Å². The van der Waals surface area contributed by atoms with E-state index < -0.39 is 0 Å². The van der Waals surface area contributed by atoms with Crippen molar-refractivity contribution in [1.29, 1.82) is 0 Å². The first-order valence-electron chi connectivity index (χ1n) is 8.49. The molecule has 0 radical (unpaired) electrons. The van der Waals surface area contributed by atoms with Crippen molar-refractivity contribution in [3.63, 3.8) is 0 Å². The predicted octanol–water partition coefficient (Wildman–Crippen LogP) is 3.36. The molecule has 4 saturated carbocycles. The number of rotatable bonds is 5. The van der Waals surface area contributed by atoms with Crippen molar-refractivity contribution in [1.82, 2.24) is 10.2 Å². The molecule has 1 aromatic heterocycles. The van der Waals surface area contributed by atoms with Crippen molar-refractivity contribution in [3.8, 4) is 0 Å². The molecule has 4 aliphatic rings. The van der Waals surface area contributed by atoms with Gasteiger partial charge in [-0.3, -0.25) is 0 Å². The van der Waals surface area contributed by atoms with Gasteiger partial charge in [-0.25, -0.2) is 0 Å². The van der Waals surface area contributed by atoms with Crippen molar-refractivity contribution in [2.24, 2.45) is 28.9 Å². The van der Waals surface area contributed by atoms with Gasteiger partial charge in [-0.2, -0.15) is 0 Å². The third kappa shape index (κ3) is 2.62. The Balaban J connectivity index is 0.00000144. The van der Waals surface area contributed by atoms with Crippen molar-refractivity contribution >= 4 is 18.4 Å². The summed E-state index contributed by atoms with van der Waals surface area (Å²) < 4.78 is 5.57. The van der Waals surface area contributed by atoms with Crippen LogP contribution in [0, 0.1) is 23.2 Å². The van der Waals surface area contributed by atoms with Gasteiger partial charge in [-0.15, -0.1) is 17.5 Å². The minimum absolute atomic E-state index is 0. The molecule has 1 atom stereocenters. The molecule has 0 saturated heterocycles. The fourth-order valence-corrected chi connectivity index (χ4v) is 5.84. The molecule has 6 heteroatoms. The van der Waals surface area contributed by atoms with Gasteiger partial charge in [0.2, 0.25) is 5.89 Å². The zero-order chi connectivity index (χ0) is 14.4. The van der Waals surface area contributed by atoms with Crippen molar-refractivity contribution < 1.29 is 4.42 Å². The molecular formula is C16H27ClN4O. The number of nitrogens with one attached hydrogen (secondary N) is 1. The van der Waals surface area contributed by atoms with E-state index in [1.807, 2.05) is 0 Å². The van der Waals surface area contributed by atoms with Gasteiger partial charge in [-0.05, 0) is 68.1 Å². The van der Waals surface area contributed by atoms with Gasteiger partial charge in [0, 0.05) is 6.04 Å². The van der Waals surface area contributed by atoms with Crippen LogP contribution >= 0.6 is 12.4 Å². The lowest BCUT2D eigenvalue weighted by atomic mass is 9.47. The van der Waals surface area contributed by atoms with Gasteiger partial charge in [0.25, 0.3) is 0 Å². The zero-order valence-corrected chi connectivity index (χ0v) is 14.1. The number of nitrogens with two attached hydrogens (primary N) is 1. The van der Waals surface area contributed by atoms with E-state index in [4.69, 9.17) is 10.2 Å². The van der Waals surface area contributed by atoms with Gasteiger partial charge in [0.05, 0.1) is 6.54 Å². The topological polar surface area (TPSA) is 77.0 Å². The molecule has 1 unspecified atom stereocenters. The summed E-state index contributed by atoms with van der Waals surface area (Å²) >= 11 is 0. The number of hydrogen-bond acceptors (Lipinski definition) is 5. The fraction of sp³-hybridized carbons (Fsp3) is 0.875. The molecule has 1 heterocycles. The van der Waals surface area contributed by atoms with Gasteiger partial charge in [0.1, 0.15) is 0 Å². The van der Waals surface area contributed by atoms with Gasteiger partial charge >= 0.3 is 6.01 Å². The second kappa shape index (κ2) is 6.00. The van der Waals surface area contributed by atoms with E-state index in [1.54, 1.807) is 0 Å². The lowest BCUT2D eigenvalue weighted by molar-refractivity contribution is -0.0639. The smallest absolute Gasteiger partial charge is 0.315 e. The molecule has 0 amide bonds. The summed E-state index contributed by atoms with van der Waals surface area (Å²) in [5.74, 6) is 3.41. The monoisotopic (exact) mass is 326 g/mol. The Hall–Kier alpha value is -0.810. The molecular weight excluding hydrogens is 300 g/mol. The summed E-state index contributed by atoms with van der Waals surface area (Å²) in [6.45, 7) is 2.58. The number of nitrogens with zero attached hydrogens (tertiary/aromatic N) is 2. The standard InChI is InChI=1S/C16H26N4O.ClH/c1-2-13(18-15-20-19-14(9-17)21-15)16-6-10-3-11(7-16)5-12(4-10)8-16;/h10-13H,2-9,17H2,1H3,(H,18,20);1H. The molecule has 5 rings (SSSR count). The Morgan fingerprint density at radius 1 is 1.18 bits per heavy atom. The summed E-state index contributed by atoms with van der Waals surface area (Å²) in [5, 5.41) is 11.6. The van der Waals surface area contributed by atoms with Crippen LogP contribution in [0.1, 0.15) is 57.8 Å². The van der Waals surface area contributed by atoms with Crippen molar-refractivity contribution in [3.05, 3.63) is 5.89 Å². The summed E-state index contributed by atoms with van der Waals surface area (Å²) in [5.41, 5.74) is 6.01. The summed E-state index contributed by atoms with van der Waals surface area (Å²) in [7, 11) is 0. The Kier molecular flexibility index (Phi) is 4.38. The van der Waals surface area contributed by atoms with Crippen molar-refractivity contribution in [2.75, 3.05) is 5.32 Å². The first-order chi connectivity index (χ1) is 10.2. The van der Waals surface area contributed by atoms with Crippen LogP contribution in [-0.4, -0.2) is 16.2 Å². The molecule has 4 bridgehead atoms. The van der Waals surface area contributed by atoms with Crippen LogP contribution in [0.2, 0.25) is 0 Å². The van der Waals surface area contributed by atoms with Crippen molar-refractivity contribution in [2.45, 2.75) is 64.5 Å². The maximum absolute atomic E-state index is 5.57. The zero-order valence-electron chi connectivity index (χ0n) is 13.3. The Bertz CT molecular complexity index is 483. The molecule has 3 N–H and O–H groups in total. The SMILES string of the molecule is CCC(Nc1nnc(CN)o1)C12CC3CC(CC(C3)C1)C2.Cl. The van der Waals surface area contributed by atoms with Gasteiger partial charge in [-0.1, -0.05) is 12.0 Å². The number of aromatic nitrogens is 2. The third-order valence-corrected chi connectivity index (χ3v) is 6.17. The highest BCUT2D eigenvalue weighted by molar-refractivity contribution is 5.85. The highest BCUT2D eigenvalue weighted by Crippen LogP contribution is 2.61. The first-order valence-corrected chi connectivity index (χ1v) is 8.49. The third-order valence-electron chi connectivity index (χ3n) is 6.17. The van der Waals surface area contributed by atoms with Crippen LogP contribution in [0.3, 0.4) is 0 Å². The van der Waals surface area contributed by atoms with Crippen LogP contribution in [-0.2, 0) is 6.54 Å². The maximum Gasteiger partial charge on any atom is 0.315 e. The second-order valence-corrected chi connectivity index (χ2v) is 7.59. The number of hydrogen-bond donors (Lipinski definition) is 2. The lowest BCUT2D eigenvalue weighted by Crippen LogP contribution is -2.53. The number of anilines is 1. The highest BCUT2D eigenvalue weighted by atomic mass is 35.5. The van der Waals surface area contributed by atoms with Crippen LogP contribution in [0.15, 0.2) is 4.42 Å². The van der Waals surface area contributed by atoms with E-state index in [0.717, 1.165) is 24.2 Å². The molecule has 1 aromatic rings. The Labute approximate surface area is 138 Å². The average Bonchev–Trinajstić information content (AvgIpc) is 2.91. The molecule has 4 aliphatic carbocycles. The highest BCUT2D eigenvalue weighted by Gasteiger charge is 2.53. The molecule has 0 aliphatic heterocycles. The quantitative estimate of drug-likeness (QED) is 0.867. The van der Waals surface area contributed by atoms with Gasteiger partial charge < -0.3 is 15.5 Å². The van der Waals surface area contributed by atoms with E-state index >= 15 is 0 Å². The fourth-order valence-electron chi connectivity index (χ4n) is 5.84. The number of halogens is 1. The largest absolute Gasteiger partial charge is 0.407 e. The van der Waals surface area contributed by atoms with E-state index in [0.29, 0.717) is 29.9 Å². The second-order valence-electron chi connectivity index (χ2n) is 7.59. The molecule has 22 heavy (non-hydrogen) atoms. The molecule has 0 aromatic carbocycles. The van der Waals surface area contributed by atoms with Crippen LogP contribution in [0.25, 0.3) is 0 Å². The summed E-state index contributed by atoms with van der Waals surface area (Å²) in [6, 6.07) is 1.01. The first kappa shape index (κ1) is 16.1.